The van der Waals surface area contributed by atoms with E-state index in [2.05, 4.69) is 43.5 Å². The Labute approximate surface area is 163 Å². The van der Waals surface area contributed by atoms with Gasteiger partial charge in [0.15, 0.2) is 5.43 Å². The third-order valence-corrected chi connectivity index (χ3v) is 6.08. The lowest BCUT2D eigenvalue weighted by Gasteiger charge is -2.27. The molecule has 0 aliphatic heterocycles. The summed E-state index contributed by atoms with van der Waals surface area (Å²) in [5, 5.41) is 0. The number of hydrogen-bond acceptors (Lipinski definition) is 2. The number of aryl methyl sites for hydroxylation is 3. The van der Waals surface area contributed by atoms with Crippen molar-refractivity contribution >= 4 is 0 Å². The number of rotatable bonds is 8. The van der Waals surface area contributed by atoms with Crippen LogP contribution in [0.2, 0.25) is 0 Å². The summed E-state index contributed by atoms with van der Waals surface area (Å²) >= 11 is 0. The molecule has 3 nitrogen and oxygen atoms in total. The average molecular weight is 368 g/mol. The van der Waals surface area contributed by atoms with Crippen molar-refractivity contribution in [3.05, 3.63) is 63.1 Å². The fourth-order valence-corrected chi connectivity index (χ4v) is 3.77. The van der Waals surface area contributed by atoms with Crippen LogP contribution in [0.15, 0.2) is 35.1 Å². The van der Waals surface area contributed by atoms with Gasteiger partial charge in [0.1, 0.15) is 5.75 Å². The highest BCUT2D eigenvalue weighted by Crippen LogP contribution is 2.34. The first kappa shape index (κ1) is 19.7. The van der Waals surface area contributed by atoms with Gasteiger partial charge >= 0.3 is 0 Å². The molecule has 27 heavy (non-hydrogen) atoms. The maximum atomic E-state index is 11.8. The van der Waals surface area contributed by atoms with Crippen LogP contribution >= 0.6 is 0 Å². The summed E-state index contributed by atoms with van der Waals surface area (Å²) in [6.45, 7) is 12.5. The van der Waals surface area contributed by atoms with Crippen molar-refractivity contribution < 1.29 is 4.74 Å². The van der Waals surface area contributed by atoms with E-state index in [1.165, 1.54) is 24.0 Å². The second-order valence-electron chi connectivity index (χ2n) is 8.36. The molecule has 1 heterocycles. The molecule has 0 radical (unpaired) electrons. The van der Waals surface area contributed by atoms with E-state index in [1.54, 1.807) is 12.1 Å². The lowest BCUT2D eigenvalue weighted by molar-refractivity contribution is 0.296. The van der Waals surface area contributed by atoms with E-state index < -0.39 is 0 Å². The number of ether oxygens (including phenoxy) is 1. The molecule has 0 spiro atoms. The number of benzene rings is 1. The smallest absolute Gasteiger partial charge is 0.182 e. The van der Waals surface area contributed by atoms with Crippen molar-refractivity contribution in [2.24, 2.45) is 11.8 Å². The summed E-state index contributed by atoms with van der Waals surface area (Å²) in [6, 6.07) is 10.2. The molecule has 1 fully saturated rings. The largest absolute Gasteiger partial charge is 0.493 e. The molecule has 0 amide bonds. The van der Waals surface area contributed by atoms with E-state index in [1.807, 2.05) is 13.8 Å². The van der Waals surface area contributed by atoms with Crippen molar-refractivity contribution in [1.29, 1.82) is 0 Å². The first-order chi connectivity index (χ1) is 12.9. The van der Waals surface area contributed by atoms with Gasteiger partial charge in [-0.25, -0.2) is 0 Å². The molecule has 2 unspecified atom stereocenters. The molecule has 1 aliphatic rings. The van der Waals surface area contributed by atoms with Gasteiger partial charge in [-0.1, -0.05) is 32.4 Å². The molecular weight excluding hydrogens is 334 g/mol. The van der Waals surface area contributed by atoms with E-state index in [9.17, 15) is 4.79 Å². The molecule has 2 atom stereocenters. The third kappa shape index (κ3) is 4.82. The molecule has 3 heteroatoms. The summed E-state index contributed by atoms with van der Waals surface area (Å²) < 4.78 is 8.41. The first-order valence-corrected chi connectivity index (χ1v) is 10.3. The maximum absolute atomic E-state index is 11.8. The third-order valence-electron chi connectivity index (χ3n) is 6.08. The number of hydrogen-bond donors (Lipinski definition) is 0. The van der Waals surface area contributed by atoms with Crippen LogP contribution in [0, 0.1) is 32.6 Å². The predicted molar refractivity (Wildman–Crippen MR) is 112 cm³/mol. The summed E-state index contributed by atoms with van der Waals surface area (Å²) in [6.07, 6.45) is 3.73. The highest BCUT2D eigenvalue weighted by molar-refractivity contribution is 5.38. The molecule has 1 saturated carbocycles. The van der Waals surface area contributed by atoms with E-state index >= 15 is 0 Å². The number of pyridine rings is 1. The van der Waals surface area contributed by atoms with Gasteiger partial charge in [0, 0.05) is 36.0 Å². The van der Waals surface area contributed by atoms with Crippen LogP contribution in [0.4, 0.5) is 0 Å². The lowest BCUT2D eigenvalue weighted by atomic mass is 9.84. The van der Waals surface area contributed by atoms with Gasteiger partial charge in [-0.05, 0) is 62.6 Å². The van der Waals surface area contributed by atoms with E-state index in [0.29, 0.717) is 11.8 Å². The molecule has 3 rings (SSSR count). The van der Waals surface area contributed by atoms with Crippen LogP contribution in [-0.2, 0) is 6.54 Å². The zero-order valence-corrected chi connectivity index (χ0v) is 17.4. The first-order valence-electron chi connectivity index (χ1n) is 10.3. The van der Waals surface area contributed by atoms with Crippen molar-refractivity contribution in [2.45, 2.75) is 66.3 Å². The van der Waals surface area contributed by atoms with Gasteiger partial charge in [-0.3, -0.25) is 4.79 Å². The summed E-state index contributed by atoms with van der Waals surface area (Å²) in [5.41, 5.74) is 4.69. The van der Waals surface area contributed by atoms with Crippen LogP contribution in [0.25, 0.3) is 0 Å². The molecule has 2 aromatic rings. The summed E-state index contributed by atoms with van der Waals surface area (Å²) in [7, 11) is 0. The van der Waals surface area contributed by atoms with Crippen LogP contribution in [0.5, 0.6) is 5.75 Å². The van der Waals surface area contributed by atoms with E-state index in [4.69, 9.17) is 4.74 Å². The Morgan fingerprint density at radius 3 is 2.37 bits per heavy atom. The molecule has 1 aromatic heterocycles. The van der Waals surface area contributed by atoms with Crippen molar-refractivity contribution in [1.82, 2.24) is 4.57 Å². The Hall–Kier alpha value is -2.03. The average Bonchev–Trinajstić information content (AvgIpc) is 3.44. The number of aromatic nitrogens is 1. The standard InChI is InChI=1S/C24H33NO2/c1-6-16(2)23(14-25-18(4)11-22(26)12-19(25)5)21-10-7-17(3)24(13-21)27-15-20-8-9-20/h7,10-13,16,20,23H,6,8-9,14-15H2,1-5H3. The zero-order valence-electron chi connectivity index (χ0n) is 17.4. The van der Waals surface area contributed by atoms with E-state index in [-0.39, 0.29) is 5.43 Å². The molecule has 146 valence electrons. The Bertz CT molecular complexity index is 822. The van der Waals surface area contributed by atoms with Gasteiger partial charge in [-0.15, -0.1) is 0 Å². The van der Waals surface area contributed by atoms with E-state index in [0.717, 1.165) is 42.6 Å². The maximum Gasteiger partial charge on any atom is 0.182 e. The van der Waals surface area contributed by atoms with Crippen LogP contribution < -0.4 is 10.2 Å². The minimum Gasteiger partial charge on any atom is -0.493 e. The van der Waals surface area contributed by atoms with Crippen molar-refractivity contribution in [3.8, 4) is 5.75 Å². The summed E-state index contributed by atoms with van der Waals surface area (Å²) in [5.74, 6) is 2.71. The van der Waals surface area contributed by atoms with Gasteiger partial charge in [0.2, 0.25) is 0 Å². The lowest BCUT2D eigenvalue weighted by Crippen LogP contribution is -2.21. The Kier molecular flexibility index (Phi) is 6.08. The van der Waals surface area contributed by atoms with Crippen molar-refractivity contribution in [2.75, 3.05) is 6.61 Å². The summed E-state index contributed by atoms with van der Waals surface area (Å²) in [4.78, 5) is 11.8. The monoisotopic (exact) mass is 367 g/mol. The quantitative estimate of drug-likeness (QED) is 0.626. The molecule has 1 aromatic carbocycles. The Morgan fingerprint density at radius 1 is 1.11 bits per heavy atom. The molecule has 0 N–H and O–H groups in total. The van der Waals surface area contributed by atoms with Crippen LogP contribution in [0.1, 0.15) is 61.5 Å². The predicted octanol–water partition coefficient (Wildman–Crippen LogP) is 5.39. The Morgan fingerprint density at radius 2 is 1.78 bits per heavy atom. The van der Waals surface area contributed by atoms with Crippen molar-refractivity contribution in [3.63, 3.8) is 0 Å². The molecular formula is C24H33NO2. The van der Waals surface area contributed by atoms with Gasteiger partial charge in [0.25, 0.3) is 0 Å². The number of nitrogens with zero attached hydrogens (tertiary/aromatic N) is 1. The molecule has 0 bridgehead atoms. The molecule has 1 aliphatic carbocycles. The van der Waals surface area contributed by atoms with Gasteiger partial charge < -0.3 is 9.30 Å². The fraction of sp³-hybridized carbons (Fsp3) is 0.542. The SMILES string of the molecule is CCC(C)C(Cn1c(C)cc(=O)cc1C)c1ccc(C)c(OCC2CC2)c1. The fourth-order valence-electron chi connectivity index (χ4n) is 3.77. The van der Waals surface area contributed by atoms with Crippen LogP contribution in [0.3, 0.4) is 0 Å². The zero-order chi connectivity index (χ0) is 19.6. The minimum atomic E-state index is 0.0902. The highest BCUT2D eigenvalue weighted by Gasteiger charge is 2.24. The minimum absolute atomic E-state index is 0.0902. The normalized spacial score (nSPS) is 16.2. The molecule has 0 saturated heterocycles. The second kappa shape index (κ2) is 8.33. The van der Waals surface area contributed by atoms with Crippen LogP contribution in [-0.4, -0.2) is 11.2 Å². The second-order valence-corrected chi connectivity index (χ2v) is 8.36. The van der Waals surface area contributed by atoms with Gasteiger partial charge in [-0.2, -0.15) is 0 Å². The topological polar surface area (TPSA) is 31.2 Å². The van der Waals surface area contributed by atoms with Gasteiger partial charge in [0.05, 0.1) is 6.61 Å². The highest BCUT2D eigenvalue weighted by atomic mass is 16.5. The Balaban J connectivity index is 1.90.